The number of rotatable bonds is 7. The van der Waals surface area contributed by atoms with E-state index >= 15 is 0 Å². The zero-order valence-electron chi connectivity index (χ0n) is 8.55. The van der Waals surface area contributed by atoms with Crippen LogP contribution in [0.4, 0.5) is 0 Å². The highest BCUT2D eigenvalue weighted by Crippen LogP contribution is 2.05. The van der Waals surface area contributed by atoms with Crippen LogP contribution in [0.1, 0.15) is 46.0 Å². The van der Waals surface area contributed by atoms with Gasteiger partial charge in [-0.25, -0.2) is 0 Å². The first kappa shape index (κ1) is 11.5. The SMILES string of the molecule is C=CCCC/C=C/CCC(C)C. The van der Waals surface area contributed by atoms with Gasteiger partial charge in [0.05, 0.1) is 0 Å². The molecule has 0 atom stereocenters. The van der Waals surface area contributed by atoms with Gasteiger partial charge in [0.15, 0.2) is 0 Å². The van der Waals surface area contributed by atoms with Gasteiger partial charge in [0.25, 0.3) is 0 Å². The second kappa shape index (κ2) is 8.58. The average Bonchev–Trinajstić information content (AvgIpc) is 2.02. The van der Waals surface area contributed by atoms with Crippen LogP contribution in [0.15, 0.2) is 24.8 Å². The minimum Gasteiger partial charge on any atom is -0.103 e. The third-order valence-electron chi connectivity index (χ3n) is 1.86. The van der Waals surface area contributed by atoms with Crippen molar-refractivity contribution in [1.82, 2.24) is 0 Å². The molecule has 0 aromatic rings. The number of unbranched alkanes of at least 4 members (excludes halogenated alkanes) is 2. The van der Waals surface area contributed by atoms with Crippen LogP contribution in [0.2, 0.25) is 0 Å². The molecule has 70 valence electrons. The van der Waals surface area contributed by atoms with E-state index in [-0.39, 0.29) is 0 Å². The van der Waals surface area contributed by atoms with Crippen molar-refractivity contribution in [3.05, 3.63) is 24.8 Å². The first-order chi connectivity index (χ1) is 5.77. The second-order valence-electron chi connectivity index (χ2n) is 3.66. The highest BCUT2D eigenvalue weighted by Gasteiger charge is 1.88. The van der Waals surface area contributed by atoms with Crippen LogP contribution in [-0.4, -0.2) is 0 Å². The van der Waals surface area contributed by atoms with Crippen molar-refractivity contribution >= 4 is 0 Å². The Balaban J connectivity index is 3.08. The van der Waals surface area contributed by atoms with Gasteiger partial charge in [0.1, 0.15) is 0 Å². The van der Waals surface area contributed by atoms with Gasteiger partial charge in [-0.3, -0.25) is 0 Å². The molecule has 0 radical (unpaired) electrons. The van der Waals surface area contributed by atoms with Gasteiger partial charge < -0.3 is 0 Å². The Labute approximate surface area is 77.4 Å². The molecule has 0 N–H and O–H groups in total. The van der Waals surface area contributed by atoms with Crippen molar-refractivity contribution in [3.63, 3.8) is 0 Å². The maximum atomic E-state index is 3.69. The molecule has 0 fully saturated rings. The van der Waals surface area contributed by atoms with Crippen molar-refractivity contribution in [2.24, 2.45) is 5.92 Å². The van der Waals surface area contributed by atoms with E-state index in [0.29, 0.717) is 0 Å². The summed E-state index contributed by atoms with van der Waals surface area (Å²) in [7, 11) is 0. The molecule has 12 heavy (non-hydrogen) atoms. The highest BCUT2D eigenvalue weighted by atomic mass is 13.9. The second-order valence-corrected chi connectivity index (χ2v) is 3.66. The van der Waals surface area contributed by atoms with Gasteiger partial charge in [0, 0.05) is 0 Å². The van der Waals surface area contributed by atoms with Crippen LogP contribution < -0.4 is 0 Å². The molecule has 0 heteroatoms. The van der Waals surface area contributed by atoms with E-state index in [1.807, 2.05) is 6.08 Å². The lowest BCUT2D eigenvalue weighted by Gasteiger charge is -1.98. The minimum atomic E-state index is 0.836. The monoisotopic (exact) mass is 166 g/mol. The van der Waals surface area contributed by atoms with Gasteiger partial charge in [-0.05, 0) is 38.0 Å². The van der Waals surface area contributed by atoms with E-state index in [4.69, 9.17) is 0 Å². The lowest BCUT2D eigenvalue weighted by atomic mass is 10.1. The summed E-state index contributed by atoms with van der Waals surface area (Å²) < 4.78 is 0. The maximum absolute atomic E-state index is 3.69. The molecule has 0 unspecified atom stereocenters. The third-order valence-corrected chi connectivity index (χ3v) is 1.86. The molecule has 0 bridgehead atoms. The van der Waals surface area contributed by atoms with Crippen LogP contribution in [0.3, 0.4) is 0 Å². The minimum absolute atomic E-state index is 0.836. The molecular formula is C12H22. The first-order valence-electron chi connectivity index (χ1n) is 5.03. The van der Waals surface area contributed by atoms with E-state index in [1.165, 1.54) is 25.7 Å². The highest BCUT2D eigenvalue weighted by molar-refractivity contribution is 4.82. The number of hydrogen-bond donors (Lipinski definition) is 0. The summed E-state index contributed by atoms with van der Waals surface area (Å²) in [6.45, 7) is 8.23. The molecule has 0 aromatic carbocycles. The van der Waals surface area contributed by atoms with Gasteiger partial charge in [-0.1, -0.05) is 32.1 Å². The Kier molecular flexibility index (Phi) is 8.20. The maximum Gasteiger partial charge on any atom is -0.0348 e. The van der Waals surface area contributed by atoms with Gasteiger partial charge in [0.2, 0.25) is 0 Å². The Morgan fingerprint density at radius 3 is 2.33 bits per heavy atom. The van der Waals surface area contributed by atoms with Crippen LogP contribution in [0.25, 0.3) is 0 Å². The fourth-order valence-corrected chi connectivity index (χ4v) is 1.05. The van der Waals surface area contributed by atoms with Gasteiger partial charge >= 0.3 is 0 Å². The fourth-order valence-electron chi connectivity index (χ4n) is 1.05. The van der Waals surface area contributed by atoms with Crippen LogP contribution in [0.5, 0.6) is 0 Å². The largest absolute Gasteiger partial charge is 0.103 e. The third kappa shape index (κ3) is 9.48. The summed E-state index contributed by atoms with van der Waals surface area (Å²) in [6, 6.07) is 0. The summed E-state index contributed by atoms with van der Waals surface area (Å²) in [5, 5.41) is 0. The molecule has 0 heterocycles. The Morgan fingerprint density at radius 1 is 1.08 bits per heavy atom. The summed E-state index contributed by atoms with van der Waals surface area (Å²) in [5.74, 6) is 0.836. The molecule has 0 saturated heterocycles. The average molecular weight is 166 g/mol. The summed E-state index contributed by atoms with van der Waals surface area (Å²) in [4.78, 5) is 0. The molecule has 0 aliphatic carbocycles. The first-order valence-corrected chi connectivity index (χ1v) is 5.03. The number of allylic oxidation sites excluding steroid dienone is 3. The summed E-state index contributed by atoms with van der Waals surface area (Å²) >= 11 is 0. The Hall–Kier alpha value is -0.520. The molecule has 0 aromatic heterocycles. The topological polar surface area (TPSA) is 0 Å². The van der Waals surface area contributed by atoms with E-state index in [9.17, 15) is 0 Å². The van der Waals surface area contributed by atoms with Crippen molar-refractivity contribution < 1.29 is 0 Å². The quantitative estimate of drug-likeness (QED) is 0.390. The predicted octanol–water partition coefficient (Wildman–Crippen LogP) is 4.34. The van der Waals surface area contributed by atoms with Crippen LogP contribution >= 0.6 is 0 Å². The standard InChI is InChI=1S/C12H22/c1-4-5-6-7-8-9-10-11-12(2)3/h4,8-9,12H,1,5-7,10-11H2,2-3H3/b9-8+. The molecule has 0 aliphatic heterocycles. The van der Waals surface area contributed by atoms with E-state index in [2.05, 4.69) is 32.6 Å². The van der Waals surface area contributed by atoms with Gasteiger partial charge in [-0.15, -0.1) is 6.58 Å². The van der Waals surface area contributed by atoms with Gasteiger partial charge in [-0.2, -0.15) is 0 Å². The van der Waals surface area contributed by atoms with Crippen LogP contribution in [0, 0.1) is 5.92 Å². The Bertz CT molecular complexity index is 120. The Morgan fingerprint density at radius 2 is 1.75 bits per heavy atom. The molecule has 0 amide bonds. The van der Waals surface area contributed by atoms with Crippen molar-refractivity contribution in [2.75, 3.05) is 0 Å². The molecule has 0 aliphatic rings. The lowest BCUT2D eigenvalue weighted by Crippen LogP contribution is -1.83. The molecular weight excluding hydrogens is 144 g/mol. The molecule has 0 nitrogen and oxygen atoms in total. The smallest absolute Gasteiger partial charge is 0.0348 e. The van der Waals surface area contributed by atoms with Crippen molar-refractivity contribution in [1.29, 1.82) is 0 Å². The van der Waals surface area contributed by atoms with E-state index in [1.54, 1.807) is 0 Å². The van der Waals surface area contributed by atoms with E-state index < -0.39 is 0 Å². The normalized spacial score (nSPS) is 11.2. The van der Waals surface area contributed by atoms with Crippen LogP contribution in [-0.2, 0) is 0 Å². The predicted molar refractivity (Wildman–Crippen MR) is 57.3 cm³/mol. The summed E-state index contributed by atoms with van der Waals surface area (Å²) in [5.41, 5.74) is 0. The molecule has 0 spiro atoms. The van der Waals surface area contributed by atoms with Crippen molar-refractivity contribution in [2.45, 2.75) is 46.0 Å². The lowest BCUT2D eigenvalue weighted by molar-refractivity contribution is 0.593. The summed E-state index contributed by atoms with van der Waals surface area (Å²) in [6.07, 6.45) is 12.8. The fraction of sp³-hybridized carbons (Fsp3) is 0.667. The molecule has 0 rings (SSSR count). The van der Waals surface area contributed by atoms with E-state index in [0.717, 1.165) is 12.3 Å². The molecule has 0 saturated carbocycles. The zero-order chi connectivity index (χ0) is 9.23. The number of hydrogen-bond acceptors (Lipinski definition) is 0. The zero-order valence-corrected chi connectivity index (χ0v) is 8.55. The van der Waals surface area contributed by atoms with Crippen molar-refractivity contribution in [3.8, 4) is 0 Å².